The number of hydrogen-bond acceptors (Lipinski definition) is 8. The van der Waals surface area contributed by atoms with Gasteiger partial charge in [-0.3, -0.25) is 4.79 Å². The SMILES string of the molecule is COc1ccc([C@@H]2CC(=O)c3c(C)nc(N4CCN(c5ccccn5)CC4)nc3C2)c(OC)c1. The van der Waals surface area contributed by atoms with E-state index in [1.807, 2.05) is 49.5 Å². The molecule has 0 saturated carbocycles. The van der Waals surface area contributed by atoms with Crippen molar-refractivity contribution in [3.8, 4) is 11.5 Å². The standard InChI is InChI=1S/C26H29N5O3/c1-17-25-21(14-18(15-22(25)32)20-8-7-19(33-2)16-23(20)34-3)29-26(28-17)31-12-10-30(11-13-31)24-6-4-5-9-27-24/h4-9,16,18H,10-15H2,1-3H3/t18-/m0/s1. The van der Waals surface area contributed by atoms with Crippen LogP contribution in [0.4, 0.5) is 11.8 Å². The van der Waals surface area contributed by atoms with Crippen molar-refractivity contribution in [2.24, 2.45) is 0 Å². The summed E-state index contributed by atoms with van der Waals surface area (Å²) >= 11 is 0. The third kappa shape index (κ3) is 4.16. The highest BCUT2D eigenvalue weighted by atomic mass is 16.5. The van der Waals surface area contributed by atoms with Crippen molar-refractivity contribution in [1.29, 1.82) is 0 Å². The molecule has 0 N–H and O–H groups in total. The third-order valence-corrected chi connectivity index (χ3v) is 6.72. The lowest BCUT2D eigenvalue weighted by Crippen LogP contribution is -2.47. The number of methoxy groups -OCH3 is 2. The highest BCUT2D eigenvalue weighted by molar-refractivity contribution is 5.99. The molecular weight excluding hydrogens is 430 g/mol. The second-order valence-electron chi connectivity index (χ2n) is 8.73. The molecular formula is C26H29N5O3. The van der Waals surface area contributed by atoms with Gasteiger partial charge in [0.05, 0.1) is 31.2 Å². The molecule has 3 heterocycles. The minimum Gasteiger partial charge on any atom is -0.497 e. The molecule has 3 aromatic rings. The first-order chi connectivity index (χ1) is 16.6. The number of carbonyl (C=O) groups excluding carboxylic acids is 1. The minimum absolute atomic E-state index is 0.00371. The number of Topliss-reactive ketones (excluding diaryl/α,β-unsaturated/α-hetero) is 1. The fourth-order valence-electron chi connectivity index (χ4n) is 4.95. The second-order valence-corrected chi connectivity index (χ2v) is 8.73. The van der Waals surface area contributed by atoms with E-state index < -0.39 is 0 Å². The molecule has 0 radical (unpaired) electrons. The number of benzene rings is 1. The van der Waals surface area contributed by atoms with E-state index in [0.29, 0.717) is 24.4 Å². The summed E-state index contributed by atoms with van der Waals surface area (Å²) in [5.41, 5.74) is 3.27. The van der Waals surface area contributed by atoms with Crippen LogP contribution in [0, 0.1) is 6.92 Å². The maximum absolute atomic E-state index is 13.1. The zero-order valence-electron chi connectivity index (χ0n) is 19.8. The van der Waals surface area contributed by atoms with Gasteiger partial charge in [-0.25, -0.2) is 15.0 Å². The zero-order valence-corrected chi connectivity index (χ0v) is 19.8. The summed E-state index contributed by atoms with van der Waals surface area (Å²) in [5, 5.41) is 0. The number of nitrogens with zero attached hydrogens (tertiary/aromatic N) is 5. The fraction of sp³-hybridized carbons (Fsp3) is 0.385. The highest BCUT2D eigenvalue weighted by Crippen LogP contribution is 2.39. The molecule has 2 aliphatic rings. The van der Waals surface area contributed by atoms with Gasteiger partial charge in [0, 0.05) is 50.8 Å². The quantitative estimate of drug-likeness (QED) is 0.574. The predicted molar refractivity (Wildman–Crippen MR) is 130 cm³/mol. The van der Waals surface area contributed by atoms with E-state index >= 15 is 0 Å². The Morgan fingerprint density at radius 3 is 2.44 bits per heavy atom. The number of carbonyl (C=O) groups is 1. The van der Waals surface area contributed by atoms with Crippen molar-refractivity contribution in [1.82, 2.24) is 15.0 Å². The van der Waals surface area contributed by atoms with E-state index in [0.717, 1.165) is 60.4 Å². The van der Waals surface area contributed by atoms with Crippen molar-refractivity contribution in [3.63, 3.8) is 0 Å². The molecule has 1 aliphatic heterocycles. The highest BCUT2D eigenvalue weighted by Gasteiger charge is 2.32. The maximum Gasteiger partial charge on any atom is 0.225 e. The first-order valence-electron chi connectivity index (χ1n) is 11.6. The normalized spacial score (nSPS) is 18.0. The van der Waals surface area contributed by atoms with Crippen LogP contribution in [0.25, 0.3) is 0 Å². The molecule has 0 unspecified atom stereocenters. The average molecular weight is 460 g/mol. The molecule has 34 heavy (non-hydrogen) atoms. The summed E-state index contributed by atoms with van der Waals surface area (Å²) in [7, 11) is 3.28. The fourth-order valence-corrected chi connectivity index (χ4v) is 4.95. The van der Waals surface area contributed by atoms with Crippen molar-refractivity contribution in [3.05, 3.63) is 65.1 Å². The Labute approximate surface area is 199 Å². The molecule has 5 rings (SSSR count). The van der Waals surface area contributed by atoms with Crippen LogP contribution in [0.2, 0.25) is 0 Å². The van der Waals surface area contributed by atoms with Crippen molar-refractivity contribution in [2.45, 2.75) is 25.7 Å². The van der Waals surface area contributed by atoms with Crippen LogP contribution in [0.3, 0.4) is 0 Å². The van der Waals surface area contributed by atoms with E-state index in [9.17, 15) is 4.79 Å². The van der Waals surface area contributed by atoms with Crippen LogP contribution in [-0.2, 0) is 6.42 Å². The molecule has 0 amide bonds. The Bertz CT molecular complexity index is 1190. The van der Waals surface area contributed by atoms with E-state index in [-0.39, 0.29) is 11.7 Å². The van der Waals surface area contributed by atoms with Gasteiger partial charge in [-0.1, -0.05) is 12.1 Å². The lowest BCUT2D eigenvalue weighted by Gasteiger charge is -2.36. The van der Waals surface area contributed by atoms with E-state index in [4.69, 9.17) is 19.4 Å². The largest absolute Gasteiger partial charge is 0.497 e. The number of piperazine rings is 1. The van der Waals surface area contributed by atoms with Gasteiger partial charge in [0.15, 0.2) is 5.78 Å². The molecule has 0 spiro atoms. The summed E-state index contributed by atoms with van der Waals surface area (Å²) in [6.07, 6.45) is 2.92. The lowest BCUT2D eigenvalue weighted by atomic mass is 9.81. The van der Waals surface area contributed by atoms with Crippen LogP contribution in [0.15, 0.2) is 42.6 Å². The summed E-state index contributed by atoms with van der Waals surface area (Å²) in [6, 6.07) is 11.7. The van der Waals surface area contributed by atoms with Gasteiger partial charge in [0.1, 0.15) is 17.3 Å². The predicted octanol–water partition coefficient (Wildman–Crippen LogP) is 3.44. The van der Waals surface area contributed by atoms with Gasteiger partial charge < -0.3 is 19.3 Å². The Morgan fingerprint density at radius 1 is 0.941 bits per heavy atom. The Morgan fingerprint density at radius 2 is 1.74 bits per heavy atom. The van der Waals surface area contributed by atoms with E-state index in [1.165, 1.54) is 0 Å². The van der Waals surface area contributed by atoms with Gasteiger partial charge >= 0.3 is 0 Å². The third-order valence-electron chi connectivity index (χ3n) is 6.72. The Hall–Kier alpha value is -3.68. The number of hydrogen-bond donors (Lipinski definition) is 0. The lowest BCUT2D eigenvalue weighted by molar-refractivity contribution is 0.0961. The first-order valence-corrected chi connectivity index (χ1v) is 11.6. The topological polar surface area (TPSA) is 80.7 Å². The summed E-state index contributed by atoms with van der Waals surface area (Å²) in [4.78, 5) is 31.7. The molecule has 1 aliphatic carbocycles. The van der Waals surface area contributed by atoms with Crippen LogP contribution in [0.1, 0.15) is 39.6 Å². The van der Waals surface area contributed by atoms with Crippen LogP contribution < -0.4 is 19.3 Å². The summed E-state index contributed by atoms with van der Waals surface area (Å²) in [5.74, 6) is 3.25. The van der Waals surface area contributed by atoms with Gasteiger partial charge in [0.2, 0.25) is 5.95 Å². The van der Waals surface area contributed by atoms with Crippen molar-refractivity contribution in [2.75, 3.05) is 50.2 Å². The molecule has 2 aromatic heterocycles. The molecule has 1 saturated heterocycles. The molecule has 0 bridgehead atoms. The number of anilines is 2. The summed E-state index contributed by atoms with van der Waals surface area (Å²) in [6.45, 7) is 5.22. The number of pyridine rings is 1. The van der Waals surface area contributed by atoms with Crippen LogP contribution in [-0.4, -0.2) is 61.1 Å². The molecule has 176 valence electrons. The molecule has 1 fully saturated rings. The first kappa shape index (κ1) is 22.1. The maximum atomic E-state index is 13.1. The Kier molecular flexibility index (Phi) is 6.04. The van der Waals surface area contributed by atoms with Gasteiger partial charge in [0.25, 0.3) is 0 Å². The molecule has 1 atom stereocenters. The van der Waals surface area contributed by atoms with E-state index in [2.05, 4.69) is 14.8 Å². The number of aromatic nitrogens is 3. The van der Waals surface area contributed by atoms with Crippen LogP contribution in [0.5, 0.6) is 11.5 Å². The molecule has 8 nitrogen and oxygen atoms in total. The molecule has 8 heteroatoms. The van der Waals surface area contributed by atoms with Gasteiger partial charge in [-0.2, -0.15) is 0 Å². The van der Waals surface area contributed by atoms with Crippen molar-refractivity contribution >= 4 is 17.5 Å². The number of fused-ring (bicyclic) bond motifs is 1. The zero-order chi connectivity index (χ0) is 23.7. The smallest absolute Gasteiger partial charge is 0.225 e. The van der Waals surface area contributed by atoms with Gasteiger partial charge in [-0.15, -0.1) is 0 Å². The second kappa shape index (κ2) is 9.29. The summed E-state index contributed by atoms with van der Waals surface area (Å²) < 4.78 is 10.9. The van der Waals surface area contributed by atoms with Crippen molar-refractivity contribution < 1.29 is 14.3 Å². The van der Waals surface area contributed by atoms with Gasteiger partial charge in [-0.05, 0) is 37.1 Å². The number of aryl methyl sites for hydroxylation is 1. The minimum atomic E-state index is 0.00371. The number of rotatable bonds is 5. The number of ether oxygens (including phenoxy) is 2. The van der Waals surface area contributed by atoms with Crippen LogP contribution >= 0.6 is 0 Å². The average Bonchev–Trinajstić information content (AvgIpc) is 2.88. The Balaban J connectivity index is 1.38. The monoisotopic (exact) mass is 459 g/mol. The molecule has 1 aromatic carbocycles. The van der Waals surface area contributed by atoms with E-state index in [1.54, 1.807) is 14.2 Å². The number of ketones is 1.